The van der Waals surface area contributed by atoms with Crippen LogP contribution >= 0.6 is 0 Å². The number of likely N-dealkylation sites (tertiary alicyclic amines) is 1. The van der Waals surface area contributed by atoms with Crippen LogP contribution in [-0.4, -0.2) is 40.5 Å². The number of fused-ring (bicyclic) bond motifs is 1. The van der Waals surface area contributed by atoms with E-state index in [1.165, 1.54) is 12.1 Å². The molecule has 160 valence electrons. The molecule has 30 heavy (non-hydrogen) atoms. The highest BCUT2D eigenvalue weighted by molar-refractivity contribution is 5.92. The average Bonchev–Trinajstić information content (AvgIpc) is 2.95. The topological polar surface area (TPSA) is 36.4 Å². The Balaban J connectivity index is 1.51. The summed E-state index contributed by atoms with van der Waals surface area (Å²) in [4.78, 5) is 20.5. The molecule has 2 fully saturated rings. The Morgan fingerprint density at radius 2 is 1.97 bits per heavy atom. The van der Waals surface area contributed by atoms with Crippen LogP contribution in [0.25, 0.3) is 0 Å². The van der Waals surface area contributed by atoms with E-state index >= 15 is 0 Å². The molecule has 2 aliphatic rings. The van der Waals surface area contributed by atoms with Crippen LogP contribution in [0.4, 0.5) is 23.2 Å². The maximum atomic E-state index is 13.8. The summed E-state index contributed by atoms with van der Waals surface area (Å²) in [5, 5.41) is 0. The lowest BCUT2D eigenvalue weighted by Gasteiger charge is -2.41. The Morgan fingerprint density at radius 1 is 1.20 bits per heavy atom. The van der Waals surface area contributed by atoms with Gasteiger partial charge < -0.3 is 9.80 Å². The number of carbonyl (C=O) groups excluding carboxylic acids is 1. The average molecular weight is 421 g/mol. The number of hydrogen-bond acceptors (Lipinski definition) is 3. The SMILES string of the molecule is CC1(C)C[C@@H]2CN(C(=O)c3ccc(C(F)(F)F)cn3)CC[C@@H]2N1c1cccc(F)c1. The Morgan fingerprint density at radius 3 is 2.60 bits per heavy atom. The number of carbonyl (C=O) groups is 1. The van der Waals surface area contributed by atoms with E-state index in [-0.39, 0.29) is 34.9 Å². The van der Waals surface area contributed by atoms with Gasteiger partial charge in [-0.3, -0.25) is 9.78 Å². The van der Waals surface area contributed by atoms with Gasteiger partial charge in [-0.05, 0) is 62.9 Å². The van der Waals surface area contributed by atoms with Crippen molar-refractivity contribution in [2.75, 3.05) is 18.0 Å². The number of amides is 1. The molecule has 2 saturated heterocycles. The van der Waals surface area contributed by atoms with Crippen molar-refractivity contribution in [3.63, 3.8) is 0 Å². The van der Waals surface area contributed by atoms with E-state index in [1.54, 1.807) is 11.0 Å². The van der Waals surface area contributed by atoms with Crippen molar-refractivity contribution in [1.29, 1.82) is 0 Å². The molecule has 0 saturated carbocycles. The number of nitrogens with zero attached hydrogens (tertiary/aromatic N) is 3. The maximum absolute atomic E-state index is 13.8. The monoisotopic (exact) mass is 421 g/mol. The van der Waals surface area contributed by atoms with Gasteiger partial charge in [0.15, 0.2) is 0 Å². The van der Waals surface area contributed by atoms with E-state index in [4.69, 9.17) is 0 Å². The van der Waals surface area contributed by atoms with Crippen molar-refractivity contribution in [3.05, 3.63) is 59.7 Å². The van der Waals surface area contributed by atoms with Crippen LogP contribution in [0.15, 0.2) is 42.6 Å². The third-order valence-corrected chi connectivity index (χ3v) is 6.12. The zero-order chi connectivity index (χ0) is 21.7. The Kier molecular flexibility index (Phi) is 4.98. The second-order valence-corrected chi connectivity index (χ2v) is 8.66. The van der Waals surface area contributed by atoms with Gasteiger partial charge >= 0.3 is 6.18 Å². The van der Waals surface area contributed by atoms with E-state index in [2.05, 4.69) is 23.7 Å². The number of piperidine rings is 1. The molecule has 0 bridgehead atoms. The smallest absolute Gasteiger partial charge is 0.363 e. The van der Waals surface area contributed by atoms with Crippen LogP contribution in [0.1, 0.15) is 42.7 Å². The first kappa shape index (κ1) is 20.6. The Bertz CT molecular complexity index is 942. The number of benzene rings is 1. The van der Waals surface area contributed by atoms with Crippen molar-refractivity contribution in [2.24, 2.45) is 5.92 Å². The van der Waals surface area contributed by atoms with Gasteiger partial charge in [0.25, 0.3) is 5.91 Å². The predicted octanol–water partition coefficient (Wildman–Crippen LogP) is 4.76. The second kappa shape index (κ2) is 7.25. The van der Waals surface area contributed by atoms with Gasteiger partial charge in [-0.1, -0.05) is 6.07 Å². The van der Waals surface area contributed by atoms with Gasteiger partial charge in [-0.25, -0.2) is 4.39 Å². The molecule has 4 nitrogen and oxygen atoms in total. The zero-order valence-electron chi connectivity index (χ0n) is 16.8. The van der Waals surface area contributed by atoms with Gasteiger partial charge in [0.2, 0.25) is 0 Å². The highest BCUT2D eigenvalue weighted by Gasteiger charge is 2.48. The Labute approximate surface area is 172 Å². The summed E-state index contributed by atoms with van der Waals surface area (Å²) in [7, 11) is 0. The van der Waals surface area contributed by atoms with Crippen molar-refractivity contribution in [3.8, 4) is 0 Å². The highest BCUT2D eigenvalue weighted by atomic mass is 19.4. The first-order chi connectivity index (χ1) is 14.1. The molecule has 1 aromatic carbocycles. The summed E-state index contributed by atoms with van der Waals surface area (Å²) in [6, 6.07) is 8.74. The fourth-order valence-corrected chi connectivity index (χ4v) is 4.95. The number of alkyl halides is 3. The van der Waals surface area contributed by atoms with Crippen LogP contribution in [0.5, 0.6) is 0 Å². The van der Waals surface area contributed by atoms with Crippen LogP contribution < -0.4 is 4.90 Å². The normalized spacial score (nSPS) is 23.4. The number of anilines is 1. The third kappa shape index (κ3) is 3.75. The standard InChI is InChI=1S/C22H23F4N3O/c1-21(2)11-14-13-28(20(30)18-7-6-15(12-27-18)22(24,25)26)9-8-19(14)29(21)17-5-3-4-16(23)10-17/h3-7,10,12,14,19H,8-9,11,13H2,1-2H3/t14-,19+/m1/s1. The predicted molar refractivity (Wildman–Crippen MR) is 105 cm³/mol. The van der Waals surface area contributed by atoms with Crippen molar-refractivity contribution in [2.45, 2.75) is 44.4 Å². The molecular formula is C22H23F4N3O. The van der Waals surface area contributed by atoms with E-state index < -0.39 is 11.7 Å². The van der Waals surface area contributed by atoms with Crippen LogP contribution in [0.3, 0.4) is 0 Å². The lowest BCUT2D eigenvalue weighted by Crippen LogP contribution is -2.50. The lowest BCUT2D eigenvalue weighted by molar-refractivity contribution is -0.137. The molecule has 0 spiro atoms. The summed E-state index contributed by atoms with van der Waals surface area (Å²) < 4.78 is 52.0. The number of halogens is 4. The molecule has 2 aliphatic heterocycles. The van der Waals surface area contributed by atoms with Gasteiger partial charge in [-0.2, -0.15) is 13.2 Å². The quantitative estimate of drug-likeness (QED) is 0.656. The highest BCUT2D eigenvalue weighted by Crippen LogP contribution is 2.44. The molecule has 0 aliphatic carbocycles. The van der Waals surface area contributed by atoms with Crippen molar-refractivity contribution < 1.29 is 22.4 Å². The zero-order valence-corrected chi connectivity index (χ0v) is 16.8. The Hall–Kier alpha value is -2.64. The minimum atomic E-state index is -4.48. The van der Waals surface area contributed by atoms with Gasteiger partial charge in [0.1, 0.15) is 11.5 Å². The summed E-state index contributed by atoms with van der Waals surface area (Å²) in [6.07, 6.45) is -2.25. The molecule has 3 heterocycles. The summed E-state index contributed by atoms with van der Waals surface area (Å²) in [6.45, 7) is 5.20. The van der Waals surface area contributed by atoms with Gasteiger partial charge in [0, 0.05) is 36.6 Å². The first-order valence-electron chi connectivity index (χ1n) is 9.94. The minimum absolute atomic E-state index is 0.0145. The molecule has 2 atom stereocenters. The summed E-state index contributed by atoms with van der Waals surface area (Å²) in [5.41, 5.74) is -0.229. The maximum Gasteiger partial charge on any atom is 0.417 e. The second-order valence-electron chi connectivity index (χ2n) is 8.66. The van der Waals surface area contributed by atoms with E-state index in [0.29, 0.717) is 25.7 Å². The lowest BCUT2D eigenvalue weighted by atomic mass is 9.89. The van der Waals surface area contributed by atoms with Crippen LogP contribution in [0, 0.1) is 11.7 Å². The molecule has 0 radical (unpaired) electrons. The summed E-state index contributed by atoms with van der Waals surface area (Å²) >= 11 is 0. The largest absolute Gasteiger partial charge is 0.417 e. The van der Waals surface area contributed by atoms with E-state index in [9.17, 15) is 22.4 Å². The fraction of sp³-hybridized carbons (Fsp3) is 0.455. The molecule has 1 aromatic heterocycles. The molecule has 8 heteroatoms. The first-order valence-corrected chi connectivity index (χ1v) is 9.94. The van der Waals surface area contributed by atoms with Crippen molar-refractivity contribution in [1.82, 2.24) is 9.88 Å². The van der Waals surface area contributed by atoms with Crippen molar-refractivity contribution >= 4 is 11.6 Å². The number of pyridine rings is 1. The summed E-state index contributed by atoms with van der Waals surface area (Å²) in [5.74, 6) is -0.452. The molecule has 2 aromatic rings. The van der Waals surface area contributed by atoms with E-state index in [0.717, 1.165) is 24.2 Å². The molecule has 0 unspecified atom stereocenters. The number of rotatable bonds is 2. The molecule has 4 rings (SSSR count). The molecular weight excluding hydrogens is 398 g/mol. The third-order valence-electron chi connectivity index (χ3n) is 6.12. The minimum Gasteiger partial charge on any atom is -0.363 e. The van der Waals surface area contributed by atoms with Crippen LogP contribution in [-0.2, 0) is 6.18 Å². The van der Waals surface area contributed by atoms with E-state index in [1.807, 2.05) is 6.07 Å². The van der Waals surface area contributed by atoms with Gasteiger partial charge in [0.05, 0.1) is 5.56 Å². The van der Waals surface area contributed by atoms with Crippen LogP contribution in [0.2, 0.25) is 0 Å². The number of hydrogen-bond donors (Lipinski definition) is 0. The molecule has 1 amide bonds. The number of aromatic nitrogens is 1. The fourth-order valence-electron chi connectivity index (χ4n) is 4.95. The molecule has 0 N–H and O–H groups in total. The van der Waals surface area contributed by atoms with Gasteiger partial charge in [-0.15, -0.1) is 0 Å².